The Bertz CT molecular complexity index is 1070. The summed E-state index contributed by atoms with van der Waals surface area (Å²) in [7, 11) is -2.04. The van der Waals surface area contributed by atoms with Crippen molar-refractivity contribution in [3.05, 3.63) is 54.1 Å². The van der Waals surface area contributed by atoms with E-state index in [-0.39, 0.29) is 17.2 Å². The van der Waals surface area contributed by atoms with Crippen molar-refractivity contribution in [1.82, 2.24) is 0 Å². The minimum atomic E-state index is -4.58. The third kappa shape index (κ3) is 3.31. The van der Waals surface area contributed by atoms with Gasteiger partial charge in [0.05, 0.1) is 42.0 Å². The van der Waals surface area contributed by atoms with Gasteiger partial charge < -0.3 is 4.74 Å². The summed E-state index contributed by atoms with van der Waals surface area (Å²) >= 11 is 0. The minimum Gasteiger partial charge on any atom is -0.495 e. The Morgan fingerprint density at radius 2 is 1.66 bits per heavy atom. The smallest absolute Gasteiger partial charge is 0.416 e. The topological polar surface area (TPSA) is 66.9 Å². The number of ether oxygens (including phenoxy) is 1. The van der Waals surface area contributed by atoms with E-state index < -0.39 is 39.7 Å². The van der Waals surface area contributed by atoms with Gasteiger partial charge in [-0.25, -0.2) is 13.2 Å². The van der Waals surface area contributed by atoms with Crippen LogP contribution in [0.3, 0.4) is 0 Å². The summed E-state index contributed by atoms with van der Waals surface area (Å²) in [5, 5.41) is 0. The monoisotopic (exact) mass is 426 g/mol. The SMILES string of the molecule is COc1ccccc1N1C(=O)N(c2cccc(C(F)(F)F)c2)C2CS(=O)(=O)CC21. The molecule has 154 valence electrons. The molecule has 10 heteroatoms. The quantitative estimate of drug-likeness (QED) is 0.707. The molecule has 2 fully saturated rings. The Labute approximate surface area is 165 Å². The summed E-state index contributed by atoms with van der Waals surface area (Å²) in [6.07, 6.45) is -4.58. The largest absolute Gasteiger partial charge is 0.495 e. The minimum absolute atomic E-state index is 0.00863. The van der Waals surface area contributed by atoms with Gasteiger partial charge in [-0.3, -0.25) is 9.80 Å². The first kappa shape index (κ1) is 19.6. The van der Waals surface area contributed by atoms with Crippen LogP contribution in [0, 0.1) is 0 Å². The molecule has 2 aromatic rings. The van der Waals surface area contributed by atoms with Gasteiger partial charge in [0.1, 0.15) is 5.75 Å². The van der Waals surface area contributed by atoms with Crippen molar-refractivity contribution in [3.8, 4) is 5.75 Å². The molecule has 2 amide bonds. The van der Waals surface area contributed by atoms with Crippen LogP contribution in [0.2, 0.25) is 0 Å². The van der Waals surface area contributed by atoms with E-state index in [0.717, 1.165) is 17.0 Å². The lowest BCUT2D eigenvalue weighted by Crippen LogP contribution is -2.38. The first-order chi connectivity index (χ1) is 13.6. The highest BCUT2D eigenvalue weighted by molar-refractivity contribution is 7.91. The van der Waals surface area contributed by atoms with Crippen molar-refractivity contribution in [3.63, 3.8) is 0 Å². The Hall–Kier alpha value is -2.75. The number of hydrogen-bond acceptors (Lipinski definition) is 4. The fourth-order valence-electron chi connectivity index (χ4n) is 3.95. The fraction of sp³-hybridized carbons (Fsp3) is 0.316. The van der Waals surface area contributed by atoms with Crippen molar-refractivity contribution < 1.29 is 31.1 Å². The van der Waals surface area contributed by atoms with Crippen LogP contribution in [-0.2, 0) is 16.0 Å². The molecule has 0 spiro atoms. The van der Waals surface area contributed by atoms with Gasteiger partial charge in [-0.2, -0.15) is 13.2 Å². The van der Waals surface area contributed by atoms with Crippen molar-refractivity contribution in [2.24, 2.45) is 0 Å². The number of sulfone groups is 1. The predicted octanol–water partition coefficient (Wildman–Crippen LogP) is 3.33. The van der Waals surface area contributed by atoms with Crippen LogP contribution in [-0.4, -0.2) is 45.1 Å². The number of fused-ring (bicyclic) bond motifs is 1. The number of amides is 2. The van der Waals surface area contributed by atoms with Crippen molar-refractivity contribution in [2.75, 3.05) is 28.4 Å². The molecule has 0 aromatic heterocycles. The first-order valence-corrected chi connectivity index (χ1v) is 10.6. The number of urea groups is 1. The predicted molar refractivity (Wildman–Crippen MR) is 101 cm³/mol. The molecule has 6 nitrogen and oxygen atoms in total. The van der Waals surface area contributed by atoms with Gasteiger partial charge in [0, 0.05) is 5.69 Å². The van der Waals surface area contributed by atoms with Crippen LogP contribution < -0.4 is 14.5 Å². The summed E-state index contributed by atoms with van der Waals surface area (Å²) in [5.41, 5.74) is -0.521. The highest BCUT2D eigenvalue weighted by atomic mass is 32.2. The van der Waals surface area contributed by atoms with E-state index in [0.29, 0.717) is 11.4 Å². The van der Waals surface area contributed by atoms with E-state index in [1.807, 2.05) is 0 Å². The van der Waals surface area contributed by atoms with Gasteiger partial charge in [-0.05, 0) is 30.3 Å². The maximum absolute atomic E-state index is 13.3. The number of methoxy groups -OCH3 is 1. The number of hydrogen-bond donors (Lipinski definition) is 0. The molecule has 2 saturated heterocycles. The lowest BCUT2D eigenvalue weighted by atomic mass is 10.1. The lowest BCUT2D eigenvalue weighted by Gasteiger charge is -2.24. The van der Waals surface area contributed by atoms with Crippen LogP contribution in [0.1, 0.15) is 5.56 Å². The Kier molecular flexibility index (Phi) is 4.49. The van der Waals surface area contributed by atoms with Crippen LogP contribution in [0.15, 0.2) is 48.5 Å². The molecule has 2 heterocycles. The summed E-state index contributed by atoms with van der Waals surface area (Å²) < 4.78 is 69.4. The van der Waals surface area contributed by atoms with Gasteiger partial charge in [-0.15, -0.1) is 0 Å². The van der Waals surface area contributed by atoms with Crippen molar-refractivity contribution in [1.29, 1.82) is 0 Å². The zero-order chi connectivity index (χ0) is 21.0. The molecule has 29 heavy (non-hydrogen) atoms. The van der Waals surface area contributed by atoms with E-state index in [1.165, 1.54) is 24.1 Å². The van der Waals surface area contributed by atoms with E-state index in [1.54, 1.807) is 24.3 Å². The van der Waals surface area contributed by atoms with Crippen LogP contribution >= 0.6 is 0 Å². The number of anilines is 2. The second kappa shape index (κ2) is 6.65. The summed E-state index contributed by atoms with van der Waals surface area (Å²) in [6, 6.07) is 8.89. The third-order valence-corrected chi connectivity index (χ3v) is 6.86. The Morgan fingerprint density at radius 1 is 1.00 bits per heavy atom. The van der Waals surface area contributed by atoms with E-state index >= 15 is 0 Å². The number of benzene rings is 2. The highest BCUT2D eigenvalue weighted by Gasteiger charge is 2.55. The second-order valence-corrected chi connectivity index (χ2v) is 9.11. The van der Waals surface area contributed by atoms with Gasteiger partial charge in [0.15, 0.2) is 9.84 Å². The third-order valence-electron chi connectivity index (χ3n) is 5.17. The summed E-state index contributed by atoms with van der Waals surface area (Å²) in [5.74, 6) is -0.211. The normalized spacial score (nSPS) is 23.4. The Balaban J connectivity index is 1.83. The molecule has 2 aliphatic rings. The van der Waals surface area contributed by atoms with Crippen LogP contribution in [0.5, 0.6) is 5.75 Å². The lowest BCUT2D eigenvalue weighted by molar-refractivity contribution is -0.137. The zero-order valence-electron chi connectivity index (χ0n) is 15.3. The van der Waals surface area contributed by atoms with Crippen molar-refractivity contribution >= 4 is 27.2 Å². The molecule has 2 atom stereocenters. The van der Waals surface area contributed by atoms with E-state index in [9.17, 15) is 26.4 Å². The molecule has 2 unspecified atom stereocenters. The molecule has 2 aliphatic heterocycles. The fourth-order valence-corrected chi connectivity index (χ4v) is 5.87. The standard InChI is InChI=1S/C19H17F3N2O4S/c1-28-17-8-3-2-7-14(17)24-16-11-29(26,27)10-15(16)23(18(24)25)13-6-4-5-12(9-13)19(20,21)22/h2-9,15-16H,10-11H2,1H3. The number of alkyl halides is 3. The molecule has 0 N–H and O–H groups in total. The first-order valence-electron chi connectivity index (χ1n) is 8.75. The molecular weight excluding hydrogens is 409 g/mol. The van der Waals surface area contributed by atoms with Gasteiger partial charge >= 0.3 is 12.2 Å². The average molecular weight is 426 g/mol. The van der Waals surface area contributed by atoms with Gasteiger partial charge in [0.2, 0.25) is 0 Å². The highest BCUT2D eigenvalue weighted by Crippen LogP contribution is 2.42. The van der Waals surface area contributed by atoms with E-state index in [2.05, 4.69) is 0 Å². The number of carbonyl (C=O) groups excluding carboxylic acids is 1. The molecule has 4 rings (SSSR count). The van der Waals surface area contributed by atoms with Gasteiger partial charge in [-0.1, -0.05) is 18.2 Å². The molecule has 0 saturated carbocycles. The number of carbonyl (C=O) groups is 1. The number of para-hydroxylation sites is 2. The zero-order valence-corrected chi connectivity index (χ0v) is 16.1. The van der Waals surface area contributed by atoms with Crippen molar-refractivity contribution in [2.45, 2.75) is 18.3 Å². The Morgan fingerprint density at radius 3 is 2.31 bits per heavy atom. The number of rotatable bonds is 3. The average Bonchev–Trinajstić information content (AvgIpc) is 3.09. The molecule has 2 aromatic carbocycles. The number of halogens is 3. The maximum Gasteiger partial charge on any atom is 0.416 e. The maximum atomic E-state index is 13.3. The van der Waals surface area contributed by atoms with Crippen LogP contribution in [0.4, 0.5) is 29.3 Å². The molecular formula is C19H17F3N2O4S. The molecule has 0 aliphatic carbocycles. The second-order valence-electron chi connectivity index (χ2n) is 6.95. The number of nitrogens with zero attached hydrogens (tertiary/aromatic N) is 2. The summed E-state index contributed by atoms with van der Waals surface area (Å²) in [6.45, 7) is 0. The van der Waals surface area contributed by atoms with E-state index in [4.69, 9.17) is 4.74 Å². The molecule has 0 radical (unpaired) electrons. The van der Waals surface area contributed by atoms with Gasteiger partial charge in [0.25, 0.3) is 0 Å². The summed E-state index contributed by atoms with van der Waals surface area (Å²) in [4.78, 5) is 15.7. The van der Waals surface area contributed by atoms with Crippen LogP contribution in [0.25, 0.3) is 0 Å². The molecule has 0 bridgehead atoms.